The van der Waals surface area contributed by atoms with Gasteiger partial charge in [-0.1, -0.05) is 12.1 Å². The Morgan fingerprint density at radius 2 is 1.88 bits per heavy atom. The number of hydrogen-bond acceptors (Lipinski definition) is 5. The number of methoxy groups -OCH3 is 1. The topological polar surface area (TPSA) is 67.9 Å². The molecule has 0 aliphatic rings. The molecule has 0 bridgehead atoms. The second-order valence-corrected chi connectivity index (χ2v) is 8.16. The minimum Gasteiger partial charge on any atom is -0.493 e. The maximum atomic E-state index is 13.4. The van der Waals surface area contributed by atoms with Crippen molar-refractivity contribution in [3.63, 3.8) is 0 Å². The van der Waals surface area contributed by atoms with Gasteiger partial charge >= 0.3 is 6.61 Å². The lowest BCUT2D eigenvalue weighted by atomic mass is 10.2. The summed E-state index contributed by atoms with van der Waals surface area (Å²) in [6, 6.07) is 11.4. The summed E-state index contributed by atoms with van der Waals surface area (Å²) < 4.78 is 47.9. The van der Waals surface area contributed by atoms with Crippen LogP contribution in [0.25, 0.3) is 0 Å². The molecule has 0 saturated carbocycles. The van der Waals surface area contributed by atoms with E-state index in [9.17, 15) is 22.8 Å². The molecule has 0 saturated heterocycles. The highest BCUT2D eigenvalue weighted by Crippen LogP contribution is 2.31. The van der Waals surface area contributed by atoms with E-state index in [4.69, 9.17) is 4.74 Å². The Hall–Kier alpha value is -3.53. The van der Waals surface area contributed by atoms with Crippen molar-refractivity contribution in [1.29, 1.82) is 0 Å². The minimum atomic E-state index is -2.98. The summed E-state index contributed by atoms with van der Waals surface area (Å²) in [4.78, 5) is 27.2. The summed E-state index contributed by atoms with van der Waals surface area (Å²) in [5.41, 5.74) is 1.49. The van der Waals surface area contributed by atoms with Crippen LogP contribution < -0.4 is 14.8 Å². The Balaban J connectivity index is 1.71. The lowest BCUT2D eigenvalue weighted by Gasteiger charge is -2.18. The van der Waals surface area contributed by atoms with E-state index in [-0.39, 0.29) is 29.5 Å². The van der Waals surface area contributed by atoms with Crippen LogP contribution in [0.2, 0.25) is 0 Å². The highest BCUT2D eigenvalue weighted by molar-refractivity contribution is 7.18. The van der Waals surface area contributed by atoms with Crippen LogP contribution >= 0.6 is 11.3 Å². The summed E-state index contributed by atoms with van der Waals surface area (Å²) in [6.45, 7) is -1.05. The number of carbonyl (C=O) groups excluding carboxylic acids is 2. The van der Waals surface area contributed by atoms with Crippen LogP contribution in [0.1, 0.15) is 31.2 Å². The number of alkyl halides is 2. The Bertz CT molecular complexity index is 1170. The van der Waals surface area contributed by atoms with Crippen LogP contribution in [0.3, 0.4) is 0 Å². The number of ether oxygens (including phenoxy) is 2. The number of carbonyl (C=O) groups is 2. The number of aryl methyl sites for hydroxylation is 1. The van der Waals surface area contributed by atoms with E-state index in [1.54, 1.807) is 26.1 Å². The molecule has 174 valence electrons. The number of nitrogens with one attached hydrogen (secondary N) is 1. The minimum absolute atomic E-state index is 0.0991. The van der Waals surface area contributed by atoms with E-state index in [0.29, 0.717) is 21.0 Å². The van der Waals surface area contributed by atoms with E-state index in [0.717, 1.165) is 17.4 Å². The van der Waals surface area contributed by atoms with E-state index in [1.807, 2.05) is 0 Å². The van der Waals surface area contributed by atoms with Crippen molar-refractivity contribution < 1.29 is 32.2 Å². The van der Waals surface area contributed by atoms with Crippen LogP contribution in [-0.4, -0.2) is 37.5 Å². The van der Waals surface area contributed by atoms with E-state index < -0.39 is 18.3 Å². The van der Waals surface area contributed by atoms with Crippen LogP contribution in [0.4, 0.5) is 18.2 Å². The van der Waals surface area contributed by atoms with Gasteiger partial charge in [-0.2, -0.15) is 8.78 Å². The fraction of sp³-hybridized carbons (Fsp3) is 0.217. The van der Waals surface area contributed by atoms with Crippen LogP contribution in [0.15, 0.2) is 48.5 Å². The molecular formula is C23H21F3N2O4S. The lowest BCUT2D eigenvalue weighted by Crippen LogP contribution is -2.26. The van der Waals surface area contributed by atoms with E-state index >= 15 is 0 Å². The molecule has 0 aliphatic heterocycles. The molecule has 3 aromatic rings. The summed E-state index contributed by atoms with van der Waals surface area (Å²) in [5, 5.41) is 3.13. The number of thiophene rings is 1. The average molecular weight is 478 g/mol. The second-order valence-electron chi connectivity index (χ2n) is 7.11. The van der Waals surface area contributed by atoms with Gasteiger partial charge < -0.3 is 19.7 Å². The van der Waals surface area contributed by atoms with Crippen molar-refractivity contribution in [2.45, 2.75) is 20.1 Å². The molecule has 33 heavy (non-hydrogen) atoms. The SMILES string of the molecule is COc1cc(CN(C)C(=O)c2sc(NC(=O)c3cccc(F)c3)cc2C)ccc1OC(F)F. The van der Waals surface area contributed by atoms with E-state index in [1.165, 1.54) is 42.3 Å². The first kappa shape index (κ1) is 24.1. The third-order valence-electron chi connectivity index (χ3n) is 4.65. The third kappa shape index (κ3) is 6.04. The zero-order valence-corrected chi connectivity index (χ0v) is 18.8. The van der Waals surface area contributed by atoms with Crippen LogP contribution in [0.5, 0.6) is 11.5 Å². The molecule has 0 fully saturated rings. The summed E-state index contributed by atoms with van der Waals surface area (Å²) in [5.74, 6) is -1.26. The first-order valence-electron chi connectivity index (χ1n) is 9.72. The Labute approximate surface area is 192 Å². The molecule has 0 radical (unpaired) electrons. The average Bonchev–Trinajstić information content (AvgIpc) is 3.13. The standard InChI is InChI=1S/C23H21F3N2O4S/c1-13-9-19(27-21(29)15-5-4-6-16(24)11-15)33-20(13)22(30)28(2)12-14-7-8-17(32-23(25)26)18(10-14)31-3/h4-11,23H,12H2,1-3H3,(H,27,29). The zero-order valence-electron chi connectivity index (χ0n) is 18.0. The molecule has 2 aromatic carbocycles. The molecular weight excluding hydrogens is 457 g/mol. The van der Waals surface area contributed by atoms with Crippen molar-refractivity contribution in [3.05, 3.63) is 75.9 Å². The molecule has 1 N–H and O–H groups in total. The molecule has 1 heterocycles. The highest BCUT2D eigenvalue weighted by Gasteiger charge is 2.20. The van der Waals surface area contributed by atoms with Gasteiger partial charge in [0.05, 0.1) is 17.0 Å². The molecule has 0 aliphatic carbocycles. The van der Waals surface area contributed by atoms with Crippen molar-refractivity contribution in [1.82, 2.24) is 4.90 Å². The molecule has 6 nitrogen and oxygen atoms in total. The van der Waals surface area contributed by atoms with Gasteiger partial charge in [-0.15, -0.1) is 11.3 Å². The number of rotatable bonds is 8. The van der Waals surface area contributed by atoms with Gasteiger partial charge in [-0.3, -0.25) is 9.59 Å². The molecule has 3 rings (SSSR count). The lowest BCUT2D eigenvalue weighted by molar-refractivity contribution is -0.0512. The van der Waals surface area contributed by atoms with Gasteiger partial charge in [0.15, 0.2) is 11.5 Å². The van der Waals surface area contributed by atoms with Crippen LogP contribution in [0, 0.1) is 12.7 Å². The fourth-order valence-electron chi connectivity index (χ4n) is 3.09. The normalized spacial score (nSPS) is 10.8. The van der Waals surface area contributed by atoms with Crippen LogP contribution in [-0.2, 0) is 6.54 Å². The zero-order chi connectivity index (χ0) is 24.1. The van der Waals surface area contributed by atoms with Gasteiger partial charge in [0.2, 0.25) is 0 Å². The molecule has 2 amide bonds. The number of benzene rings is 2. The largest absolute Gasteiger partial charge is 0.493 e. The van der Waals surface area contributed by atoms with Gasteiger partial charge in [0.25, 0.3) is 11.8 Å². The summed E-state index contributed by atoms with van der Waals surface area (Å²) in [6.07, 6.45) is 0. The fourth-order valence-corrected chi connectivity index (χ4v) is 4.15. The first-order chi connectivity index (χ1) is 15.7. The predicted molar refractivity (Wildman–Crippen MR) is 119 cm³/mol. The van der Waals surface area contributed by atoms with Gasteiger partial charge in [0, 0.05) is 19.2 Å². The van der Waals surface area contributed by atoms with Gasteiger partial charge in [0.1, 0.15) is 5.82 Å². The van der Waals surface area contributed by atoms with Crippen molar-refractivity contribution in [2.24, 2.45) is 0 Å². The molecule has 0 spiro atoms. The van der Waals surface area contributed by atoms with Crippen molar-refractivity contribution >= 4 is 28.2 Å². The number of amides is 2. The molecule has 10 heteroatoms. The molecule has 0 unspecified atom stereocenters. The summed E-state index contributed by atoms with van der Waals surface area (Å²) in [7, 11) is 2.93. The smallest absolute Gasteiger partial charge is 0.387 e. The maximum Gasteiger partial charge on any atom is 0.387 e. The Morgan fingerprint density at radius 1 is 1.12 bits per heavy atom. The quantitative estimate of drug-likeness (QED) is 0.475. The summed E-state index contributed by atoms with van der Waals surface area (Å²) >= 11 is 1.11. The highest BCUT2D eigenvalue weighted by atomic mass is 32.1. The predicted octanol–water partition coefficient (Wildman–Crippen LogP) is 5.33. The molecule has 1 aromatic heterocycles. The number of halogens is 3. The Kier molecular flexibility index (Phi) is 7.59. The first-order valence-corrected chi connectivity index (χ1v) is 10.5. The van der Waals surface area contributed by atoms with E-state index in [2.05, 4.69) is 10.1 Å². The van der Waals surface area contributed by atoms with Crippen molar-refractivity contribution in [3.8, 4) is 11.5 Å². The molecule has 0 atom stereocenters. The third-order valence-corrected chi connectivity index (χ3v) is 5.79. The number of anilines is 1. The Morgan fingerprint density at radius 3 is 2.55 bits per heavy atom. The monoisotopic (exact) mass is 478 g/mol. The van der Waals surface area contributed by atoms with Gasteiger partial charge in [-0.05, 0) is 54.4 Å². The van der Waals surface area contributed by atoms with Crippen molar-refractivity contribution in [2.75, 3.05) is 19.5 Å². The second kappa shape index (κ2) is 10.4. The number of hydrogen-bond donors (Lipinski definition) is 1. The van der Waals surface area contributed by atoms with Gasteiger partial charge in [-0.25, -0.2) is 4.39 Å². The number of nitrogens with zero attached hydrogens (tertiary/aromatic N) is 1. The maximum absolute atomic E-state index is 13.4.